The lowest BCUT2D eigenvalue weighted by Crippen LogP contribution is -2.55. The van der Waals surface area contributed by atoms with E-state index >= 15 is 0 Å². The van der Waals surface area contributed by atoms with Gasteiger partial charge in [0.1, 0.15) is 0 Å². The summed E-state index contributed by atoms with van der Waals surface area (Å²) in [7, 11) is 2.23. The molecular weight excluding hydrogens is 312 g/mol. The van der Waals surface area contributed by atoms with E-state index < -0.39 is 0 Å². The van der Waals surface area contributed by atoms with Crippen molar-refractivity contribution < 1.29 is 0 Å². The van der Waals surface area contributed by atoms with Crippen molar-refractivity contribution >= 4 is 15.9 Å². The molecule has 1 aromatic carbocycles. The lowest BCUT2D eigenvalue weighted by Gasteiger charge is -2.43. The average Bonchev–Trinajstić information content (AvgIpc) is 2.36. The van der Waals surface area contributed by atoms with Gasteiger partial charge in [0.25, 0.3) is 0 Å². The van der Waals surface area contributed by atoms with E-state index in [0.29, 0.717) is 18.0 Å². The van der Waals surface area contributed by atoms with Crippen LogP contribution < -0.4 is 5.32 Å². The van der Waals surface area contributed by atoms with Crippen LogP contribution in [0.15, 0.2) is 28.7 Å². The summed E-state index contributed by atoms with van der Waals surface area (Å²) in [4.78, 5) is 2.47. The maximum atomic E-state index is 3.89. The minimum atomic E-state index is 0.00918. The lowest BCUT2D eigenvalue weighted by molar-refractivity contribution is 0.105. The Morgan fingerprint density at radius 2 is 1.80 bits per heavy atom. The summed E-state index contributed by atoms with van der Waals surface area (Å²) in [6.45, 7) is 10.4. The number of halogens is 1. The highest BCUT2D eigenvalue weighted by Gasteiger charge is 2.33. The molecular formula is C17H27BrN2. The molecule has 0 spiro atoms. The van der Waals surface area contributed by atoms with Gasteiger partial charge < -0.3 is 10.2 Å². The molecule has 0 bridgehead atoms. The van der Waals surface area contributed by atoms with E-state index in [1.807, 2.05) is 0 Å². The van der Waals surface area contributed by atoms with Gasteiger partial charge in [-0.1, -0.05) is 35.0 Å². The van der Waals surface area contributed by atoms with Gasteiger partial charge in [-0.2, -0.15) is 0 Å². The molecule has 0 aromatic heterocycles. The smallest absolute Gasteiger partial charge is 0.0379 e. The molecule has 0 aliphatic carbocycles. The number of hydrogen-bond donors (Lipinski definition) is 1. The fraction of sp³-hybridized carbons (Fsp3) is 0.647. The van der Waals surface area contributed by atoms with Crippen molar-refractivity contribution in [3.05, 3.63) is 34.3 Å². The zero-order chi connectivity index (χ0) is 14.9. The lowest BCUT2D eigenvalue weighted by atomic mass is 9.85. The first kappa shape index (κ1) is 16.0. The molecule has 1 aromatic rings. The summed E-state index contributed by atoms with van der Waals surface area (Å²) < 4.78 is 1.14. The summed E-state index contributed by atoms with van der Waals surface area (Å²) in [6, 6.07) is 9.91. The van der Waals surface area contributed by atoms with Gasteiger partial charge in [-0.3, -0.25) is 0 Å². The van der Waals surface area contributed by atoms with E-state index in [9.17, 15) is 0 Å². The van der Waals surface area contributed by atoms with Crippen LogP contribution in [0.4, 0.5) is 0 Å². The van der Waals surface area contributed by atoms with Crippen molar-refractivity contribution in [1.82, 2.24) is 10.2 Å². The standard InChI is InChI=1S/C17H27BrN2/c1-12-11-20(5)13(2)10-16(12)19-17(3,4)14-6-8-15(18)9-7-14/h6-9,12-13,16,19H,10-11H2,1-5H3. The number of nitrogens with zero attached hydrogens (tertiary/aromatic N) is 1. The second kappa shape index (κ2) is 6.17. The monoisotopic (exact) mass is 338 g/mol. The molecule has 1 aliphatic heterocycles. The second-order valence-corrected chi connectivity index (χ2v) is 7.80. The van der Waals surface area contributed by atoms with E-state index in [-0.39, 0.29) is 5.54 Å². The van der Waals surface area contributed by atoms with Gasteiger partial charge in [0.15, 0.2) is 0 Å². The molecule has 3 unspecified atom stereocenters. The Morgan fingerprint density at radius 3 is 2.40 bits per heavy atom. The molecule has 2 rings (SSSR count). The van der Waals surface area contributed by atoms with Gasteiger partial charge >= 0.3 is 0 Å². The summed E-state index contributed by atoms with van der Waals surface area (Å²) in [6.07, 6.45) is 1.22. The van der Waals surface area contributed by atoms with E-state index in [4.69, 9.17) is 0 Å². The molecule has 1 N–H and O–H groups in total. The van der Waals surface area contributed by atoms with Crippen LogP contribution in [0.5, 0.6) is 0 Å². The number of likely N-dealkylation sites (tertiary alicyclic amines) is 1. The van der Waals surface area contributed by atoms with Crippen molar-refractivity contribution in [2.75, 3.05) is 13.6 Å². The molecule has 0 saturated carbocycles. The van der Waals surface area contributed by atoms with Gasteiger partial charge in [0.05, 0.1) is 0 Å². The van der Waals surface area contributed by atoms with Crippen LogP contribution in [-0.4, -0.2) is 30.6 Å². The van der Waals surface area contributed by atoms with E-state index in [0.717, 1.165) is 4.47 Å². The topological polar surface area (TPSA) is 15.3 Å². The fourth-order valence-electron chi connectivity index (χ4n) is 3.16. The van der Waals surface area contributed by atoms with Crippen molar-refractivity contribution in [3.8, 4) is 0 Å². The van der Waals surface area contributed by atoms with Gasteiger partial charge in [-0.15, -0.1) is 0 Å². The summed E-state index contributed by atoms with van der Waals surface area (Å²) in [5.74, 6) is 0.686. The first-order valence-corrected chi connectivity index (χ1v) is 8.33. The predicted octanol–water partition coefficient (Wildman–Crippen LogP) is 4.00. The average molecular weight is 339 g/mol. The Labute approximate surface area is 132 Å². The number of piperidine rings is 1. The summed E-state index contributed by atoms with van der Waals surface area (Å²) >= 11 is 3.51. The molecule has 0 amide bonds. The van der Waals surface area contributed by atoms with Crippen molar-refractivity contribution in [1.29, 1.82) is 0 Å². The third-order valence-electron chi connectivity index (χ3n) is 4.72. The van der Waals surface area contributed by atoms with Gasteiger partial charge in [-0.05, 0) is 57.9 Å². The fourth-order valence-corrected chi connectivity index (χ4v) is 3.42. The van der Waals surface area contributed by atoms with Gasteiger partial charge in [0, 0.05) is 28.6 Å². The van der Waals surface area contributed by atoms with E-state index in [1.54, 1.807) is 0 Å². The molecule has 3 heteroatoms. The van der Waals surface area contributed by atoms with Crippen molar-refractivity contribution in [2.45, 2.75) is 51.7 Å². The normalized spacial score (nSPS) is 28.6. The molecule has 1 heterocycles. The Bertz CT molecular complexity index is 441. The van der Waals surface area contributed by atoms with E-state index in [1.165, 1.54) is 18.5 Å². The SMILES string of the molecule is CC1CN(C)C(C)CC1NC(C)(C)c1ccc(Br)cc1. The predicted molar refractivity (Wildman–Crippen MR) is 90.0 cm³/mol. The molecule has 0 radical (unpaired) electrons. The number of hydrogen-bond acceptors (Lipinski definition) is 2. The Hall–Kier alpha value is -0.380. The number of benzene rings is 1. The quantitative estimate of drug-likeness (QED) is 0.895. The molecule has 20 heavy (non-hydrogen) atoms. The van der Waals surface area contributed by atoms with Crippen LogP contribution >= 0.6 is 15.9 Å². The van der Waals surface area contributed by atoms with E-state index in [2.05, 4.69) is 85.2 Å². The molecule has 112 valence electrons. The molecule has 2 nitrogen and oxygen atoms in total. The van der Waals surface area contributed by atoms with Crippen molar-refractivity contribution in [2.24, 2.45) is 5.92 Å². The third-order valence-corrected chi connectivity index (χ3v) is 5.25. The first-order chi connectivity index (χ1) is 9.29. The summed E-state index contributed by atoms with van der Waals surface area (Å²) in [5, 5.41) is 3.89. The Balaban J connectivity index is 2.09. The zero-order valence-corrected chi connectivity index (χ0v) is 14.9. The Kier molecular flexibility index (Phi) is 4.93. The molecule has 1 aliphatic rings. The minimum absolute atomic E-state index is 0.00918. The maximum Gasteiger partial charge on any atom is 0.0379 e. The highest BCUT2D eigenvalue weighted by Crippen LogP contribution is 2.27. The molecule has 1 fully saturated rings. The second-order valence-electron chi connectivity index (χ2n) is 6.88. The van der Waals surface area contributed by atoms with Crippen LogP contribution in [0.3, 0.4) is 0 Å². The number of nitrogens with one attached hydrogen (secondary N) is 1. The number of rotatable bonds is 3. The van der Waals surface area contributed by atoms with Gasteiger partial charge in [0.2, 0.25) is 0 Å². The van der Waals surface area contributed by atoms with Crippen molar-refractivity contribution in [3.63, 3.8) is 0 Å². The van der Waals surface area contributed by atoms with Gasteiger partial charge in [-0.25, -0.2) is 0 Å². The molecule has 1 saturated heterocycles. The highest BCUT2D eigenvalue weighted by molar-refractivity contribution is 9.10. The summed E-state index contributed by atoms with van der Waals surface area (Å²) in [5.41, 5.74) is 1.36. The van der Waals surface area contributed by atoms with Crippen LogP contribution in [0, 0.1) is 5.92 Å². The van der Waals surface area contributed by atoms with Crippen LogP contribution in [0.1, 0.15) is 39.7 Å². The largest absolute Gasteiger partial charge is 0.305 e. The van der Waals surface area contributed by atoms with Crippen LogP contribution in [-0.2, 0) is 5.54 Å². The van der Waals surface area contributed by atoms with Crippen LogP contribution in [0.2, 0.25) is 0 Å². The van der Waals surface area contributed by atoms with Crippen LogP contribution in [0.25, 0.3) is 0 Å². The first-order valence-electron chi connectivity index (χ1n) is 7.53. The zero-order valence-electron chi connectivity index (χ0n) is 13.3. The third kappa shape index (κ3) is 3.63. The highest BCUT2D eigenvalue weighted by atomic mass is 79.9. The Morgan fingerprint density at radius 1 is 1.20 bits per heavy atom. The molecule has 3 atom stereocenters. The maximum absolute atomic E-state index is 3.89. The minimum Gasteiger partial charge on any atom is -0.305 e.